The summed E-state index contributed by atoms with van der Waals surface area (Å²) in [5.41, 5.74) is 3.26. The van der Waals surface area contributed by atoms with Crippen LogP contribution in [-0.4, -0.2) is 43.2 Å². The lowest BCUT2D eigenvalue weighted by atomic mass is 9.98. The van der Waals surface area contributed by atoms with Gasteiger partial charge in [0, 0.05) is 17.7 Å². The summed E-state index contributed by atoms with van der Waals surface area (Å²) in [4.78, 5) is 14.2. The second-order valence-corrected chi connectivity index (χ2v) is 7.23. The first-order valence-corrected chi connectivity index (χ1v) is 9.17. The van der Waals surface area contributed by atoms with Gasteiger partial charge in [-0.25, -0.2) is 0 Å². The minimum absolute atomic E-state index is 0.0130. The van der Waals surface area contributed by atoms with Gasteiger partial charge in [0.05, 0.1) is 22.9 Å². The van der Waals surface area contributed by atoms with Crippen LogP contribution in [0.2, 0.25) is 5.02 Å². The normalized spacial score (nSPS) is 14.9. The number of nitrogens with zero attached hydrogens (tertiary/aromatic N) is 1. The second kappa shape index (κ2) is 8.03. The summed E-state index contributed by atoms with van der Waals surface area (Å²) in [6.07, 6.45) is 0.960. The number of benzene rings is 2. The highest BCUT2D eigenvalue weighted by Gasteiger charge is 2.28. The molecule has 0 fully saturated rings. The molecule has 1 amide bonds. The second-order valence-electron chi connectivity index (χ2n) is 6.82. The van der Waals surface area contributed by atoms with Crippen molar-refractivity contribution in [3.8, 4) is 16.9 Å². The number of rotatable bonds is 6. The molecule has 6 heteroatoms. The fourth-order valence-corrected chi connectivity index (χ4v) is 3.35. The molecule has 0 unspecified atom stereocenters. The van der Waals surface area contributed by atoms with Crippen molar-refractivity contribution >= 4 is 28.8 Å². The number of carbonyl (C=O) groups excluding carboxylic acids is 1. The van der Waals surface area contributed by atoms with Crippen LogP contribution in [0.5, 0.6) is 5.75 Å². The molecular weight excluding hydrogens is 364 g/mol. The van der Waals surface area contributed by atoms with Gasteiger partial charge in [-0.2, -0.15) is 0 Å². The monoisotopic (exact) mass is 386 g/mol. The predicted octanol–water partition coefficient (Wildman–Crippen LogP) is 4.58. The highest BCUT2D eigenvalue weighted by molar-refractivity contribution is 6.36. The van der Waals surface area contributed by atoms with Gasteiger partial charge in [0.1, 0.15) is 11.5 Å². The van der Waals surface area contributed by atoms with Crippen molar-refractivity contribution in [1.29, 1.82) is 0 Å². The Bertz CT molecular complexity index is 885. The van der Waals surface area contributed by atoms with E-state index in [9.17, 15) is 9.90 Å². The maximum absolute atomic E-state index is 12.1. The standard InChI is InChI=1S/C21H23ClN2O3/c1-13(25)20-17-11-16(18(22)12-19(17)23-21(20)26)14-5-7-15(8-6-14)27-10-4-9-24(2)3/h5-8,11-12,25H,4,9-10H2,1-3H3,(H,23,26)/b20-13+. The Balaban J connectivity index is 1.81. The molecule has 0 saturated heterocycles. The molecule has 1 aliphatic heterocycles. The SMILES string of the molecule is C/C(O)=C1\C(=O)Nc2cc(Cl)c(-c3ccc(OCCCN(C)C)cc3)cc21. The Kier molecular flexibility index (Phi) is 5.73. The first-order chi connectivity index (χ1) is 12.9. The van der Waals surface area contributed by atoms with Gasteiger partial charge >= 0.3 is 0 Å². The Morgan fingerprint density at radius 1 is 1.19 bits per heavy atom. The lowest BCUT2D eigenvalue weighted by Gasteiger charge is -2.12. The van der Waals surface area contributed by atoms with Gasteiger partial charge in [-0.05, 0) is 57.3 Å². The molecule has 1 aliphatic rings. The number of anilines is 1. The van der Waals surface area contributed by atoms with E-state index in [2.05, 4.69) is 10.2 Å². The molecule has 1 heterocycles. The van der Waals surface area contributed by atoms with Crippen LogP contribution < -0.4 is 10.1 Å². The van der Waals surface area contributed by atoms with Crippen molar-refractivity contribution in [2.75, 3.05) is 32.6 Å². The molecule has 0 spiro atoms. The van der Waals surface area contributed by atoms with Gasteiger partial charge in [0.25, 0.3) is 5.91 Å². The van der Waals surface area contributed by atoms with E-state index < -0.39 is 0 Å². The lowest BCUT2D eigenvalue weighted by molar-refractivity contribution is -0.110. The summed E-state index contributed by atoms with van der Waals surface area (Å²) in [7, 11) is 4.08. The number of aliphatic hydroxyl groups excluding tert-OH is 1. The largest absolute Gasteiger partial charge is 0.512 e. The predicted molar refractivity (Wildman–Crippen MR) is 109 cm³/mol. The van der Waals surface area contributed by atoms with Crippen molar-refractivity contribution in [1.82, 2.24) is 4.90 Å². The van der Waals surface area contributed by atoms with Gasteiger partial charge in [-0.15, -0.1) is 0 Å². The number of nitrogens with one attached hydrogen (secondary N) is 1. The van der Waals surface area contributed by atoms with Crippen LogP contribution in [0.4, 0.5) is 5.69 Å². The van der Waals surface area contributed by atoms with Crippen LogP contribution in [0.3, 0.4) is 0 Å². The van der Waals surface area contributed by atoms with Gasteiger partial charge in [-0.3, -0.25) is 4.79 Å². The number of allylic oxidation sites excluding steroid dienone is 1. The zero-order valence-electron chi connectivity index (χ0n) is 15.7. The average Bonchev–Trinajstić information content (AvgIpc) is 2.93. The molecule has 2 aromatic carbocycles. The molecule has 0 saturated carbocycles. The molecule has 0 aliphatic carbocycles. The molecule has 2 N–H and O–H groups in total. The van der Waals surface area contributed by atoms with Gasteiger partial charge in [0.15, 0.2) is 0 Å². The molecule has 3 rings (SSSR count). The number of carbonyl (C=O) groups is 1. The number of ether oxygens (including phenoxy) is 1. The van der Waals surface area contributed by atoms with Crippen LogP contribution in [0.1, 0.15) is 18.9 Å². The molecule has 27 heavy (non-hydrogen) atoms. The third-order valence-electron chi connectivity index (χ3n) is 4.40. The van der Waals surface area contributed by atoms with Crippen molar-refractivity contribution in [3.63, 3.8) is 0 Å². The number of amides is 1. The highest BCUT2D eigenvalue weighted by atomic mass is 35.5. The summed E-state index contributed by atoms with van der Waals surface area (Å²) in [6, 6.07) is 11.2. The zero-order valence-corrected chi connectivity index (χ0v) is 16.4. The van der Waals surface area contributed by atoms with Gasteiger partial charge < -0.3 is 20.1 Å². The van der Waals surface area contributed by atoms with E-state index in [0.29, 0.717) is 22.9 Å². The van der Waals surface area contributed by atoms with E-state index >= 15 is 0 Å². The molecule has 142 valence electrons. The van der Waals surface area contributed by atoms with Crippen LogP contribution in [0, 0.1) is 0 Å². The van der Waals surface area contributed by atoms with Crippen LogP contribution in [0.15, 0.2) is 42.2 Å². The number of aliphatic hydroxyl groups is 1. The number of fused-ring (bicyclic) bond motifs is 1. The molecular formula is C21H23ClN2O3. The molecule has 0 atom stereocenters. The van der Waals surface area contributed by atoms with Crippen LogP contribution >= 0.6 is 11.6 Å². The summed E-state index contributed by atoms with van der Waals surface area (Å²) in [5, 5.41) is 13.1. The summed E-state index contributed by atoms with van der Waals surface area (Å²) in [5.74, 6) is 0.471. The van der Waals surface area contributed by atoms with E-state index in [1.54, 1.807) is 6.07 Å². The number of halogens is 1. The molecule has 0 bridgehead atoms. The number of hydrogen-bond donors (Lipinski definition) is 2. The Morgan fingerprint density at radius 3 is 2.52 bits per heavy atom. The smallest absolute Gasteiger partial charge is 0.259 e. The minimum Gasteiger partial charge on any atom is -0.512 e. The van der Waals surface area contributed by atoms with Gasteiger partial charge in [0.2, 0.25) is 0 Å². The first-order valence-electron chi connectivity index (χ1n) is 8.80. The Labute approximate surface area is 164 Å². The number of hydrogen-bond acceptors (Lipinski definition) is 4. The third-order valence-corrected chi connectivity index (χ3v) is 4.71. The average molecular weight is 387 g/mol. The summed E-state index contributed by atoms with van der Waals surface area (Å²) < 4.78 is 5.76. The van der Waals surface area contributed by atoms with Crippen molar-refractivity contribution in [2.45, 2.75) is 13.3 Å². The fourth-order valence-electron chi connectivity index (χ4n) is 3.07. The molecule has 0 radical (unpaired) electrons. The van der Waals surface area contributed by atoms with E-state index in [-0.39, 0.29) is 17.2 Å². The third kappa shape index (κ3) is 4.26. The maximum Gasteiger partial charge on any atom is 0.259 e. The highest BCUT2D eigenvalue weighted by Crippen LogP contribution is 2.40. The fraction of sp³-hybridized carbons (Fsp3) is 0.286. The van der Waals surface area contributed by atoms with Crippen molar-refractivity contribution < 1.29 is 14.6 Å². The van der Waals surface area contributed by atoms with E-state index in [1.807, 2.05) is 44.4 Å². The first kappa shape index (κ1) is 19.3. The summed E-state index contributed by atoms with van der Waals surface area (Å²) in [6.45, 7) is 3.14. The Morgan fingerprint density at radius 2 is 1.89 bits per heavy atom. The topological polar surface area (TPSA) is 61.8 Å². The van der Waals surface area contributed by atoms with E-state index in [1.165, 1.54) is 6.92 Å². The lowest BCUT2D eigenvalue weighted by Crippen LogP contribution is -2.15. The maximum atomic E-state index is 12.1. The Hall–Kier alpha value is -2.50. The quantitative estimate of drug-likeness (QED) is 0.433. The molecule has 2 aromatic rings. The molecule has 5 nitrogen and oxygen atoms in total. The van der Waals surface area contributed by atoms with Gasteiger partial charge in [-0.1, -0.05) is 23.7 Å². The summed E-state index contributed by atoms with van der Waals surface area (Å²) >= 11 is 6.42. The van der Waals surface area contributed by atoms with Crippen LogP contribution in [0.25, 0.3) is 16.7 Å². The molecule has 0 aromatic heterocycles. The van der Waals surface area contributed by atoms with Crippen LogP contribution in [-0.2, 0) is 4.79 Å². The minimum atomic E-state index is -0.320. The van der Waals surface area contributed by atoms with Crippen molar-refractivity contribution in [3.05, 3.63) is 52.7 Å². The zero-order chi connectivity index (χ0) is 19.6. The van der Waals surface area contributed by atoms with E-state index in [0.717, 1.165) is 29.8 Å². The van der Waals surface area contributed by atoms with Crippen molar-refractivity contribution in [2.24, 2.45) is 0 Å². The van der Waals surface area contributed by atoms with E-state index in [4.69, 9.17) is 16.3 Å².